The van der Waals surface area contributed by atoms with Gasteiger partial charge < -0.3 is 14.4 Å². The van der Waals surface area contributed by atoms with Crippen LogP contribution in [0.25, 0.3) is 5.57 Å². The van der Waals surface area contributed by atoms with Gasteiger partial charge in [0.25, 0.3) is 0 Å². The third-order valence-electron chi connectivity index (χ3n) is 9.15. The lowest BCUT2D eigenvalue weighted by Crippen LogP contribution is -2.47. The van der Waals surface area contributed by atoms with Crippen LogP contribution < -0.4 is 0 Å². The van der Waals surface area contributed by atoms with Crippen molar-refractivity contribution in [1.82, 2.24) is 4.90 Å². The largest absolute Gasteiger partial charge is 0.485 e. The van der Waals surface area contributed by atoms with Crippen LogP contribution in [0.4, 0.5) is 0 Å². The molecule has 4 aliphatic rings. The highest BCUT2D eigenvalue weighted by molar-refractivity contribution is 6.14. The second kappa shape index (κ2) is 13.1. The summed E-state index contributed by atoms with van der Waals surface area (Å²) < 4.78 is 12.7. The van der Waals surface area contributed by atoms with Crippen molar-refractivity contribution in [2.75, 3.05) is 19.7 Å². The Morgan fingerprint density at radius 1 is 1.11 bits per heavy atom. The molecule has 46 heavy (non-hydrogen) atoms. The lowest BCUT2D eigenvalue weighted by Gasteiger charge is -2.48. The van der Waals surface area contributed by atoms with Gasteiger partial charge in [0, 0.05) is 41.9 Å². The van der Waals surface area contributed by atoms with E-state index >= 15 is 0 Å². The van der Waals surface area contributed by atoms with Crippen molar-refractivity contribution in [1.29, 1.82) is 0 Å². The summed E-state index contributed by atoms with van der Waals surface area (Å²) in [5.41, 5.74) is 10.4. The minimum absolute atomic E-state index is 0.00517. The number of fused-ring (bicyclic) bond motifs is 3. The molecule has 1 aromatic carbocycles. The van der Waals surface area contributed by atoms with Crippen LogP contribution >= 0.6 is 0 Å². The zero-order valence-electron chi connectivity index (χ0n) is 29.6. The molecule has 2 aliphatic heterocycles. The Morgan fingerprint density at radius 3 is 2.52 bits per heavy atom. The quantitative estimate of drug-likeness (QED) is 0.215. The van der Waals surface area contributed by atoms with Crippen molar-refractivity contribution in [2.45, 2.75) is 93.7 Å². The molecule has 2 aliphatic carbocycles. The summed E-state index contributed by atoms with van der Waals surface area (Å²) in [6.45, 7) is 23.9. The van der Waals surface area contributed by atoms with Gasteiger partial charge in [0.1, 0.15) is 11.9 Å². The molecule has 2 atom stereocenters. The number of allylic oxidation sites excluding steroid dienone is 6. The first kappa shape index (κ1) is 33.5. The number of ether oxygens (including phenoxy) is 2. The van der Waals surface area contributed by atoms with E-state index in [0.29, 0.717) is 18.7 Å². The van der Waals surface area contributed by atoms with Crippen molar-refractivity contribution in [3.63, 3.8) is 0 Å². The van der Waals surface area contributed by atoms with Gasteiger partial charge >= 0.3 is 5.97 Å². The summed E-state index contributed by atoms with van der Waals surface area (Å²) in [4.78, 5) is 21.0. The first-order valence-corrected chi connectivity index (χ1v) is 17.1. The number of hydrogen-bond acceptors (Lipinski definition) is 5. The molecule has 0 aromatic heterocycles. The third kappa shape index (κ3) is 6.52. The Bertz CT molecular complexity index is 1650. The minimum Gasteiger partial charge on any atom is -0.485 e. The smallest absolute Gasteiger partial charge is 0.338 e. The van der Waals surface area contributed by atoms with Crippen LogP contribution in [0.15, 0.2) is 105 Å². The number of benzene rings is 1. The molecular formula is C41H52N2O3. The molecule has 5 rings (SSSR count). The molecule has 0 radical (unpaired) electrons. The fourth-order valence-electron chi connectivity index (χ4n) is 7.36. The Kier molecular flexibility index (Phi) is 9.54. The molecule has 5 nitrogen and oxygen atoms in total. The van der Waals surface area contributed by atoms with Crippen molar-refractivity contribution in [3.05, 3.63) is 111 Å². The van der Waals surface area contributed by atoms with Crippen LogP contribution in [-0.4, -0.2) is 47.9 Å². The molecule has 1 aromatic rings. The fourth-order valence-corrected chi connectivity index (χ4v) is 7.36. The van der Waals surface area contributed by atoms with Gasteiger partial charge in [0.05, 0.1) is 23.4 Å². The maximum Gasteiger partial charge on any atom is 0.338 e. The molecule has 0 saturated heterocycles. The number of carbonyl (C=O) groups excluding carboxylic acids is 1. The van der Waals surface area contributed by atoms with Gasteiger partial charge in [-0.15, -0.1) is 0 Å². The third-order valence-corrected chi connectivity index (χ3v) is 9.15. The van der Waals surface area contributed by atoms with E-state index < -0.39 is 0 Å². The second-order valence-electron chi connectivity index (χ2n) is 14.4. The fraction of sp³-hybridized carbons (Fsp3) is 0.463. The molecule has 0 bridgehead atoms. The lowest BCUT2D eigenvalue weighted by molar-refractivity contribution is 0.0499. The maximum atomic E-state index is 13.6. The second-order valence-corrected chi connectivity index (χ2v) is 14.4. The standard InChI is InChI=1S/C41H52N2O3/c1-11-14-19-45-39(44)29-18-16-15-17-28(29)38-32-20-30(26(4)24-40(6,7)8)34(42-12-2)22-36(32)46-37-23-35-31(21-33(37)38)27(5)25-41(9,10)43(35)13-3/h15-18,20-25,33,37H,11-14,19H2,1-10H3/b26-24-,42-34?. The molecule has 0 N–H and O–H groups in total. The van der Waals surface area contributed by atoms with E-state index in [4.69, 9.17) is 14.5 Å². The van der Waals surface area contributed by atoms with Crippen LogP contribution in [0.1, 0.15) is 98.0 Å². The maximum absolute atomic E-state index is 13.6. The Balaban J connectivity index is 1.79. The number of carbonyl (C=O) groups is 1. The van der Waals surface area contributed by atoms with Crippen LogP contribution in [0.2, 0.25) is 0 Å². The van der Waals surface area contributed by atoms with E-state index in [2.05, 4.69) is 117 Å². The minimum atomic E-state index is -0.282. The summed E-state index contributed by atoms with van der Waals surface area (Å²) in [6, 6.07) is 7.92. The van der Waals surface area contributed by atoms with Crippen LogP contribution in [0.3, 0.4) is 0 Å². The van der Waals surface area contributed by atoms with Crippen molar-refractivity contribution in [2.24, 2.45) is 16.3 Å². The number of unbranched alkanes of at least 4 members (excludes halogenated alkanes) is 1. The van der Waals surface area contributed by atoms with Gasteiger partial charge in [-0.3, -0.25) is 4.99 Å². The molecule has 2 heterocycles. The van der Waals surface area contributed by atoms with E-state index in [1.165, 1.54) is 22.4 Å². The molecule has 0 saturated carbocycles. The lowest BCUT2D eigenvalue weighted by atomic mass is 9.73. The Morgan fingerprint density at radius 2 is 1.85 bits per heavy atom. The molecule has 5 heteroatoms. The van der Waals surface area contributed by atoms with Gasteiger partial charge in [0.2, 0.25) is 0 Å². The highest BCUT2D eigenvalue weighted by atomic mass is 16.5. The monoisotopic (exact) mass is 620 g/mol. The zero-order valence-corrected chi connectivity index (χ0v) is 29.6. The summed E-state index contributed by atoms with van der Waals surface area (Å²) >= 11 is 0. The number of hydrogen-bond donors (Lipinski definition) is 0. The Labute approximate surface area is 276 Å². The van der Waals surface area contributed by atoms with Crippen LogP contribution in [0.5, 0.6) is 0 Å². The van der Waals surface area contributed by atoms with Gasteiger partial charge in [-0.2, -0.15) is 0 Å². The van der Waals surface area contributed by atoms with E-state index in [9.17, 15) is 4.79 Å². The first-order chi connectivity index (χ1) is 21.8. The molecule has 2 unspecified atom stereocenters. The van der Waals surface area contributed by atoms with E-state index in [-0.39, 0.29) is 28.9 Å². The predicted octanol–water partition coefficient (Wildman–Crippen LogP) is 9.57. The van der Waals surface area contributed by atoms with Gasteiger partial charge in [-0.1, -0.05) is 70.5 Å². The number of likely N-dealkylation sites (N-methyl/N-ethyl adjacent to an activating group) is 1. The number of nitrogens with zero attached hydrogens (tertiary/aromatic N) is 2. The van der Waals surface area contributed by atoms with Crippen molar-refractivity contribution < 1.29 is 14.3 Å². The highest BCUT2D eigenvalue weighted by Gasteiger charge is 2.43. The van der Waals surface area contributed by atoms with E-state index in [1.54, 1.807) is 0 Å². The number of rotatable bonds is 8. The molecule has 0 spiro atoms. The molecule has 244 valence electrons. The first-order valence-electron chi connectivity index (χ1n) is 17.1. The molecule has 0 amide bonds. The zero-order chi connectivity index (χ0) is 33.4. The predicted molar refractivity (Wildman–Crippen MR) is 191 cm³/mol. The average Bonchev–Trinajstić information content (AvgIpc) is 2.98. The van der Waals surface area contributed by atoms with Crippen molar-refractivity contribution in [3.8, 4) is 0 Å². The van der Waals surface area contributed by atoms with Crippen LogP contribution in [0, 0.1) is 11.3 Å². The summed E-state index contributed by atoms with van der Waals surface area (Å²) in [7, 11) is 0. The van der Waals surface area contributed by atoms with Crippen molar-refractivity contribution >= 4 is 17.3 Å². The summed E-state index contributed by atoms with van der Waals surface area (Å²) in [5.74, 6) is 0.409. The highest BCUT2D eigenvalue weighted by Crippen LogP contribution is 2.50. The number of esters is 1. The van der Waals surface area contributed by atoms with Gasteiger partial charge in [-0.05, 0) is 99.5 Å². The van der Waals surface area contributed by atoms with Crippen LogP contribution in [-0.2, 0) is 9.47 Å². The molecular weight excluding hydrogens is 568 g/mol. The van der Waals surface area contributed by atoms with E-state index in [1.807, 2.05) is 18.2 Å². The summed E-state index contributed by atoms with van der Waals surface area (Å²) in [6.07, 6.45) is 15.3. The average molecular weight is 621 g/mol. The Hall–Kier alpha value is -3.86. The summed E-state index contributed by atoms with van der Waals surface area (Å²) in [5, 5.41) is 0. The normalized spacial score (nSPS) is 23.3. The molecule has 0 fully saturated rings. The number of aliphatic imine (C=N–C) groups is 1. The SMILES string of the molecule is CCCCOC(=O)c1ccccc1C1=C2C=C(/C(C)=C\C(C)(C)C)C(=NCC)C=C2OC2C=C3C(=CC12)C(C)=CC(C)(C)N3CC. The van der Waals surface area contributed by atoms with Gasteiger partial charge in [0.15, 0.2) is 0 Å². The van der Waals surface area contributed by atoms with E-state index in [0.717, 1.165) is 53.1 Å². The topological polar surface area (TPSA) is 51.1 Å². The van der Waals surface area contributed by atoms with Gasteiger partial charge in [-0.25, -0.2) is 4.79 Å².